The number of benzene rings is 1. The lowest BCUT2D eigenvalue weighted by molar-refractivity contribution is -0.137. The van der Waals surface area contributed by atoms with Crippen LogP contribution >= 0.6 is 0 Å². The second-order valence-electron chi connectivity index (χ2n) is 8.22. The summed E-state index contributed by atoms with van der Waals surface area (Å²) in [6, 6.07) is 2.78. The van der Waals surface area contributed by atoms with Gasteiger partial charge in [-0.3, -0.25) is 18.7 Å². The Balaban J connectivity index is 1.82. The molecule has 2 N–H and O–H groups in total. The number of aromatic nitrogens is 2. The molecule has 2 aliphatic carbocycles. The van der Waals surface area contributed by atoms with E-state index in [-0.39, 0.29) is 30.8 Å². The van der Waals surface area contributed by atoms with Gasteiger partial charge in [0.25, 0.3) is 5.56 Å². The van der Waals surface area contributed by atoms with Crippen LogP contribution in [-0.4, -0.2) is 26.8 Å². The van der Waals surface area contributed by atoms with Crippen LogP contribution in [0.25, 0.3) is 10.9 Å². The number of halogens is 1. The average Bonchev–Trinajstić information content (AvgIpc) is 3.36. The van der Waals surface area contributed by atoms with Crippen LogP contribution in [0.1, 0.15) is 57.4 Å². The molecule has 0 radical (unpaired) electrons. The Hall–Kier alpha value is -2.64. The van der Waals surface area contributed by atoms with E-state index in [9.17, 15) is 18.8 Å². The molecule has 156 valence electrons. The summed E-state index contributed by atoms with van der Waals surface area (Å²) in [6.45, 7) is 0.693. The highest BCUT2D eigenvalue weighted by molar-refractivity contribution is 5.82. The average molecular weight is 403 g/mol. The van der Waals surface area contributed by atoms with Crippen LogP contribution < -0.4 is 16.6 Å². The van der Waals surface area contributed by atoms with Gasteiger partial charge in [0.2, 0.25) is 0 Å². The van der Waals surface area contributed by atoms with Gasteiger partial charge in [-0.25, -0.2) is 9.18 Å². The molecule has 2 saturated carbocycles. The van der Waals surface area contributed by atoms with Crippen LogP contribution in [0.15, 0.2) is 21.7 Å². The van der Waals surface area contributed by atoms with Gasteiger partial charge in [-0.2, -0.15) is 0 Å². The maximum absolute atomic E-state index is 14.7. The number of aliphatic carboxylic acids is 1. The summed E-state index contributed by atoms with van der Waals surface area (Å²) in [5.41, 5.74) is -0.212. The van der Waals surface area contributed by atoms with Gasteiger partial charge < -0.3 is 10.4 Å². The number of carboxylic acid groups (broad SMARTS) is 1. The zero-order chi connectivity index (χ0) is 20.5. The molecule has 2 aliphatic rings. The molecule has 1 aromatic carbocycles. The number of anilines is 1. The van der Waals surface area contributed by atoms with Crippen molar-refractivity contribution in [1.29, 1.82) is 0 Å². The van der Waals surface area contributed by atoms with Gasteiger partial charge in [-0.05, 0) is 50.2 Å². The molecule has 1 aromatic heterocycles. The van der Waals surface area contributed by atoms with Crippen molar-refractivity contribution in [1.82, 2.24) is 9.13 Å². The fourth-order valence-corrected chi connectivity index (χ4v) is 4.21. The molecule has 0 unspecified atom stereocenters. The molecule has 0 bridgehead atoms. The quantitative estimate of drug-likeness (QED) is 0.706. The molecule has 0 atom stereocenters. The first-order valence-corrected chi connectivity index (χ1v) is 10.4. The number of hydrogen-bond acceptors (Lipinski definition) is 4. The van der Waals surface area contributed by atoms with E-state index >= 15 is 0 Å². The molecular weight excluding hydrogens is 377 g/mol. The Morgan fingerprint density at radius 2 is 1.90 bits per heavy atom. The summed E-state index contributed by atoms with van der Waals surface area (Å²) in [5.74, 6) is -0.930. The fraction of sp³-hybridized carbons (Fsp3) is 0.571. The van der Waals surface area contributed by atoms with E-state index < -0.39 is 23.0 Å². The van der Waals surface area contributed by atoms with Crippen LogP contribution in [0.4, 0.5) is 10.1 Å². The van der Waals surface area contributed by atoms with Crippen LogP contribution in [0.3, 0.4) is 0 Å². The molecule has 1 heterocycles. The smallest absolute Gasteiger partial charge is 0.331 e. The fourth-order valence-electron chi connectivity index (χ4n) is 4.21. The monoisotopic (exact) mass is 403 g/mol. The molecule has 2 fully saturated rings. The Morgan fingerprint density at radius 3 is 2.55 bits per heavy atom. The molecule has 0 saturated heterocycles. The highest BCUT2D eigenvalue weighted by Crippen LogP contribution is 2.32. The van der Waals surface area contributed by atoms with E-state index in [0.717, 1.165) is 43.1 Å². The first kappa shape index (κ1) is 19.7. The number of nitrogens with one attached hydrogen (secondary N) is 1. The maximum atomic E-state index is 14.7. The highest BCUT2D eigenvalue weighted by atomic mass is 19.1. The molecule has 7 nitrogen and oxygen atoms in total. The van der Waals surface area contributed by atoms with E-state index in [2.05, 4.69) is 5.32 Å². The number of rotatable bonds is 8. The lowest BCUT2D eigenvalue weighted by atomic mass is 10.1. The summed E-state index contributed by atoms with van der Waals surface area (Å²) in [5, 5.41) is 12.2. The molecule has 2 aromatic rings. The normalized spacial score (nSPS) is 17.1. The summed E-state index contributed by atoms with van der Waals surface area (Å²) in [7, 11) is 0. The highest BCUT2D eigenvalue weighted by Gasteiger charge is 2.25. The topological polar surface area (TPSA) is 93.3 Å². The molecule has 0 spiro atoms. The van der Waals surface area contributed by atoms with Gasteiger partial charge in [0.15, 0.2) is 0 Å². The maximum Gasteiger partial charge on any atom is 0.331 e. The molecular formula is C21H26FN3O4. The summed E-state index contributed by atoms with van der Waals surface area (Å²) < 4.78 is 17.4. The summed E-state index contributed by atoms with van der Waals surface area (Å²) in [6.07, 6.45) is 5.99. The SMILES string of the molecule is O=C(O)CCCn1c(=O)c2cc(F)c(NCC3CC3)cc2n(C2CCCC2)c1=O. The van der Waals surface area contributed by atoms with Crippen LogP contribution in [-0.2, 0) is 11.3 Å². The lowest BCUT2D eigenvalue weighted by Gasteiger charge is -2.20. The van der Waals surface area contributed by atoms with E-state index in [4.69, 9.17) is 5.11 Å². The molecule has 8 heteroatoms. The second-order valence-corrected chi connectivity index (χ2v) is 8.22. The van der Waals surface area contributed by atoms with Gasteiger partial charge >= 0.3 is 11.7 Å². The largest absolute Gasteiger partial charge is 0.481 e. The molecule has 0 aliphatic heterocycles. The van der Waals surface area contributed by atoms with E-state index in [1.807, 2.05) is 0 Å². The minimum atomic E-state index is -0.979. The third kappa shape index (κ3) is 4.06. The van der Waals surface area contributed by atoms with E-state index in [1.165, 1.54) is 6.07 Å². The molecule has 0 amide bonds. The number of carbonyl (C=O) groups is 1. The number of fused-ring (bicyclic) bond motifs is 1. The summed E-state index contributed by atoms with van der Waals surface area (Å²) in [4.78, 5) is 37.0. The van der Waals surface area contributed by atoms with Crippen LogP contribution in [0.2, 0.25) is 0 Å². The first-order chi connectivity index (χ1) is 14.0. The van der Waals surface area contributed by atoms with Crippen LogP contribution in [0.5, 0.6) is 0 Å². The molecule has 29 heavy (non-hydrogen) atoms. The Morgan fingerprint density at radius 1 is 1.17 bits per heavy atom. The zero-order valence-corrected chi connectivity index (χ0v) is 16.3. The predicted octanol–water partition coefficient (Wildman–Crippen LogP) is 3.10. The minimum Gasteiger partial charge on any atom is -0.481 e. The second kappa shape index (κ2) is 8.00. The van der Waals surface area contributed by atoms with Gasteiger partial charge in [-0.1, -0.05) is 12.8 Å². The van der Waals surface area contributed by atoms with E-state index in [0.29, 0.717) is 23.7 Å². The van der Waals surface area contributed by atoms with Gasteiger partial charge in [-0.15, -0.1) is 0 Å². The third-order valence-electron chi connectivity index (χ3n) is 6.00. The van der Waals surface area contributed by atoms with Crippen molar-refractivity contribution in [2.24, 2.45) is 5.92 Å². The summed E-state index contributed by atoms with van der Waals surface area (Å²) >= 11 is 0. The minimum absolute atomic E-state index is 0.00985. The predicted molar refractivity (Wildman–Crippen MR) is 108 cm³/mol. The van der Waals surface area contributed by atoms with Crippen molar-refractivity contribution in [3.05, 3.63) is 38.8 Å². The standard InChI is InChI=1S/C21H26FN3O4/c22-16-10-15-18(11-17(16)23-12-13-7-8-13)25(14-4-1-2-5-14)21(29)24(20(15)28)9-3-6-19(26)27/h10-11,13-14,23H,1-9,12H2,(H,26,27). The van der Waals surface area contributed by atoms with Crippen molar-refractivity contribution in [2.75, 3.05) is 11.9 Å². The van der Waals surface area contributed by atoms with Crippen LogP contribution in [0, 0.1) is 11.7 Å². The van der Waals surface area contributed by atoms with Crippen molar-refractivity contribution in [2.45, 2.75) is 64.0 Å². The lowest BCUT2D eigenvalue weighted by Crippen LogP contribution is -2.41. The number of nitrogens with zero attached hydrogens (tertiary/aromatic N) is 2. The number of hydrogen-bond donors (Lipinski definition) is 2. The first-order valence-electron chi connectivity index (χ1n) is 10.4. The van der Waals surface area contributed by atoms with Crippen molar-refractivity contribution in [3.63, 3.8) is 0 Å². The van der Waals surface area contributed by atoms with E-state index in [1.54, 1.807) is 10.6 Å². The Labute approximate surface area is 167 Å². The Kier molecular flexibility index (Phi) is 5.43. The number of carboxylic acids is 1. The van der Waals surface area contributed by atoms with Crippen molar-refractivity contribution >= 4 is 22.6 Å². The Bertz CT molecular complexity index is 1050. The van der Waals surface area contributed by atoms with Gasteiger partial charge in [0.05, 0.1) is 16.6 Å². The van der Waals surface area contributed by atoms with Crippen molar-refractivity contribution < 1.29 is 14.3 Å². The zero-order valence-electron chi connectivity index (χ0n) is 16.3. The third-order valence-corrected chi connectivity index (χ3v) is 6.00. The molecule has 4 rings (SSSR count). The van der Waals surface area contributed by atoms with Gasteiger partial charge in [0.1, 0.15) is 5.82 Å². The van der Waals surface area contributed by atoms with Gasteiger partial charge in [0, 0.05) is 25.6 Å². The van der Waals surface area contributed by atoms with Crippen molar-refractivity contribution in [3.8, 4) is 0 Å².